The van der Waals surface area contributed by atoms with E-state index in [-0.39, 0.29) is 35.7 Å². The summed E-state index contributed by atoms with van der Waals surface area (Å²) in [6, 6.07) is 5.19. The first-order valence-corrected chi connectivity index (χ1v) is 8.44. The molecule has 0 aliphatic rings. The van der Waals surface area contributed by atoms with Crippen molar-refractivity contribution >= 4 is 22.2 Å². The first-order valence-electron chi connectivity index (χ1n) is 6.55. The molecule has 7 heteroatoms. The number of aryl methyl sites for hydroxylation is 1. The van der Waals surface area contributed by atoms with Gasteiger partial charge in [-0.3, -0.25) is 0 Å². The summed E-state index contributed by atoms with van der Waals surface area (Å²) in [5.41, 5.74) is 0.905. The maximum Gasteiger partial charge on any atom is 0.179 e. The van der Waals surface area contributed by atoms with E-state index >= 15 is 0 Å². The molecule has 0 bridgehead atoms. The summed E-state index contributed by atoms with van der Waals surface area (Å²) < 4.78 is 28.8. The van der Waals surface area contributed by atoms with Crippen molar-refractivity contribution in [3.05, 3.63) is 23.8 Å². The van der Waals surface area contributed by atoms with E-state index in [1.54, 1.807) is 12.1 Å². The first-order chi connectivity index (χ1) is 9.20. The molecule has 1 aromatic carbocycles. The lowest BCUT2D eigenvalue weighted by molar-refractivity contribution is 0.103. The highest BCUT2D eigenvalue weighted by Crippen LogP contribution is 2.25. The Hall–Kier alpha value is -0.820. The van der Waals surface area contributed by atoms with Gasteiger partial charge in [-0.1, -0.05) is 19.9 Å². The van der Waals surface area contributed by atoms with Gasteiger partial charge in [-0.2, -0.15) is 0 Å². The third-order valence-electron chi connectivity index (χ3n) is 2.69. The Labute approximate surface area is 133 Å². The van der Waals surface area contributed by atoms with E-state index in [1.807, 2.05) is 20.8 Å². The number of nitrogens with one attached hydrogen (secondary N) is 1. The van der Waals surface area contributed by atoms with Crippen molar-refractivity contribution in [2.75, 3.05) is 19.4 Å². The molecule has 0 radical (unpaired) electrons. The van der Waals surface area contributed by atoms with Crippen LogP contribution in [0.25, 0.3) is 0 Å². The standard InChI is InChI=1S/C14H23NO4S.ClH/c1-10(2)15-8-12(16)9-19-13-7-11(3)5-6-14(13)20(4,17)18;/h5-7,10,12,15-16H,8-9H2,1-4H3;1H. The van der Waals surface area contributed by atoms with E-state index in [4.69, 9.17) is 4.74 Å². The fourth-order valence-electron chi connectivity index (χ4n) is 1.65. The van der Waals surface area contributed by atoms with Gasteiger partial charge in [0, 0.05) is 18.8 Å². The molecule has 21 heavy (non-hydrogen) atoms. The summed E-state index contributed by atoms with van der Waals surface area (Å²) >= 11 is 0. The summed E-state index contributed by atoms with van der Waals surface area (Å²) in [6.07, 6.45) is 0.451. The van der Waals surface area contributed by atoms with Crippen molar-refractivity contribution in [3.8, 4) is 5.75 Å². The molecule has 0 saturated heterocycles. The zero-order valence-corrected chi connectivity index (χ0v) is 14.4. The van der Waals surface area contributed by atoms with Gasteiger partial charge in [-0.05, 0) is 24.6 Å². The largest absolute Gasteiger partial charge is 0.489 e. The van der Waals surface area contributed by atoms with E-state index in [0.29, 0.717) is 6.54 Å². The Bertz CT molecular complexity index is 546. The van der Waals surface area contributed by atoms with Gasteiger partial charge >= 0.3 is 0 Å². The number of rotatable bonds is 7. The van der Waals surface area contributed by atoms with Gasteiger partial charge in [0.15, 0.2) is 9.84 Å². The second-order valence-corrected chi connectivity index (χ2v) is 7.23. The lowest BCUT2D eigenvalue weighted by Crippen LogP contribution is -2.35. The number of ether oxygens (including phenoxy) is 1. The average molecular weight is 338 g/mol. The van der Waals surface area contributed by atoms with Crippen molar-refractivity contribution in [1.82, 2.24) is 5.32 Å². The minimum absolute atomic E-state index is 0. The number of halogens is 1. The molecule has 1 unspecified atom stereocenters. The van der Waals surface area contributed by atoms with Crippen molar-refractivity contribution < 1.29 is 18.3 Å². The molecule has 0 aromatic heterocycles. The number of aliphatic hydroxyl groups is 1. The molecule has 0 spiro atoms. The molecule has 2 N–H and O–H groups in total. The third kappa shape index (κ3) is 7.13. The Morgan fingerprint density at radius 2 is 1.95 bits per heavy atom. The van der Waals surface area contributed by atoms with E-state index in [0.717, 1.165) is 11.8 Å². The van der Waals surface area contributed by atoms with Crippen LogP contribution in [0.4, 0.5) is 0 Å². The second kappa shape index (κ2) is 8.58. The maximum atomic E-state index is 11.7. The molecule has 0 fully saturated rings. The van der Waals surface area contributed by atoms with Crippen molar-refractivity contribution in [1.29, 1.82) is 0 Å². The van der Waals surface area contributed by atoms with Gasteiger partial charge in [0.05, 0.1) is 0 Å². The molecule has 1 atom stereocenters. The molecule has 0 amide bonds. The molecule has 0 aliphatic carbocycles. The number of aliphatic hydroxyl groups excluding tert-OH is 1. The summed E-state index contributed by atoms with van der Waals surface area (Å²) in [6.45, 7) is 6.27. The third-order valence-corrected chi connectivity index (χ3v) is 3.83. The lowest BCUT2D eigenvalue weighted by atomic mass is 10.2. The molecular weight excluding hydrogens is 314 g/mol. The Balaban J connectivity index is 0.00000400. The number of hydrogen-bond acceptors (Lipinski definition) is 5. The van der Waals surface area contributed by atoms with Crippen molar-refractivity contribution in [2.24, 2.45) is 0 Å². The minimum Gasteiger partial charge on any atom is -0.489 e. The van der Waals surface area contributed by atoms with Crippen LogP contribution >= 0.6 is 12.4 Å². The Morgan fingerprint density at radius 3 is 2.48 bits per heavy atom. The zero-order valence-electron chi connectivity index (χ0n) is 12.8. The number of hydrogen-bond donors (Lipinski definition) is 2. The SMILES string of the molecule is Cc1ccc(S(C)(=O)=O)c(OCC(O)CNC(C)C)c1.Cl. The Kier molecular flexibility index (Phi) is 8.25. The molecular formula is C14H24ClNO4S. The van der Waals surface area contributed by atoms with Gasteiger partial charge in [-0.25, -0.2) is 8.42 Å². The molecule has 1 rings (SSSR count). The molecule has 5 nitrogen and oxygen atoms in total. The maximum absolute atomic E-state index is 11.7. The monoisotopic (exact) mass is 337 g/mol. The molecule has 1 aromatic rings. The topological polar surface area (TPSA) is 75.6 Å². The highest BCUT2D eigenvalue weighted by atomic mass is 35.5. The summed E-state index contributed by atoms with van der Waals surface area (Å²) in [5, 5.41) is 12.9. The van der Waals surface area contributed by atoms with Crippen LogP contribution in [0.5, 0.6) is 5.75 Å². The van der Waals surface area contributed by atoms with Gasteiger partial charge < -0.3 is 15.2 Å². The van der Waals surface area contributed by atoms with Gasteiger partial charge in [0.2, 0.25) is 0 Å². The number of benzene rings is 1. The van der Waals surface area contributed by atoms with E-state index in [9.17, 15) is 13.5 Å². The van der Waals surface area contributed by atoms with E-state index in [2.05, 4.69) is 5.32 Å². The highest BCUT2D eigenvalue weighted by molar-refractivity contribution is 7.90. The molecule has 0 saturated carbocycles. The molecule has 0 aliphatic heterocycles. The smallest absolute Gasteiger partial charge is 0.179 e. The quantitative estimate of drug-likeness (QED) is 0.789. The minimum atomic E-state index is -3.35. The van der Waals surface area contributed by atoms with Crippen LogP contribution in [-0.2, 0) is 9.84 Å². The summed E-state index contributed by atoms with van der Waals surface area (Å²) in [7, 11) is -3.35. The normalized spacial score (nSPS) is 12.9. The second-order valence-electron chi connectivity index (χ2n) is 5.25. The van der Waals surface area contributed by atoms with Crippen molar-refractivity contribution in [3.63, 3.8) is 0 Å². The first kappa shape index (κ1) is 20.2. The molecule has 0 heterocycles. The van der Waals surface area contributed by atoms with Crippen LogP contribution in [0.3, 0.4) is 0 Å². The van der Waals surface area contributed by atoms with E-state index < -0.39 is 15.9 Å². The van der Waals surface area contributed by atoms with E-state index in [1.165, 1.54) is 6.07 Å². The van der Waals surface area contributed by atoms with Crippen molar-refractivity contribution in [2.45, 2.75) is 37.8 Å². The van der Waals surface area contributed by atoms with Gasteiger partial charge in [-0.15, -0.1) is 12.4 Å². The number of sulfone groups is 1. The highest BCUT2D eigenvalue weighted by Gasteiger charge is 2.16. The Morgan fingerprint density at radius 1 is 1.33 bits per heavy atom. The van der Waals surface area contributed by atoms with Crippen LogP contribution in [-0.4, -0.2) is 45.1 Å². The lowest BCUT2D eigenvalue weighted by Gasteiger charge is -2.16. The van der Waals surface area contributed by atoms with Crippen LogP contribution in [0, 0.1) is 6.92 Å². The fraction of sp³-hybridized carbons (Fsp3) is 0.571. The molecule has 122 valence electrons. The van der Waals surface area contributed by atoms with Crippen LogP contribution in [0.15, 0.2) is 23.1 Å². The van der Waals surface area contributed by atoms with Gasteiger partial charge in [0.25, 0.3) is 0 Å². The van der Waals surface area contributed by atoms with Crippen LogP contribution in [0.1, 0.15) is 19.4 Å². The predicted molar refractivity (Wildman–Crippen MR) is 86.2 cm³/mol. The van der Waals surface area contributed by atoms with Crippen LogP contribution < -0.4 is 10.1 Å². The summed E-state index contributed by atoms with van der Waals surface area (Å²) in [4.78, 5) is 0.145. The average Bonchev–Trinajstić information content (AvgIpc) is 2.32. The predicted octanol–water partition coefficient (Wildman–Crippen LogP) is 1.56. The van der Waals surface area contributed by atoms with Crippen LogP contribution in [0.2, 0.25) is 0 Å². The van der Waals surface area contributed by atoms with Gasteiger partial charge in [0.1, 0.15) is 23.4 Å². The zero-order chi connectivity index (χ0) is 15.3. The summed E-state index contributed by atoms with van der Waals surface area (Å²) in [5.74, 6) is 0.288. The fourth-order valence-corrected chi connectivity index (χ4v) is 2.45.